The van der Waals surface area contributed by atoms with E-state index in [1.165, 1.54) is 0 Å². The maximum atomic E-state index is 13.3. The molecule has 1 amide bonds. The smallest absolute Gasteiger partial charge is 0.252 e. The van der Waals surface area contributed by atoms with E-state index in [4.69, 9.17) is 4.98 Å². The Morgan fingerprint density at radius 3 is 2.60 bits per heavy atom. The van der Waals surface area contributed by atoms with Gasteiger partial charge in [-0.05, 0) is 39.8 Å². The molecule has 0 bridgehead atoms. The number of para-hydroxylation sites is 1. The lowest BCUT2D eigenvalue weighted by atomic mass is 10.0. The van der Waals surface area contributed by atoms with Crippen molar-refractivity contribution in [1.82, 2.24) is 29.9 Å². The Hall–Kier alpha value is -3.48. The molecule has 0 fully saturated rings. The van der Waals surface area contributed by atoms with Crippen LogP contribution >= 0.6 is 0 Å². The van der Waals surface area contributed by atoms with Crippen LogP contribution in [-0.2, 0) is 13.1 Å². The molecule has 1 unspecified atom stereocenters. The van der Waals surface area contributed by atoms with Crippen LogP contribution in [0.2, 0.25) is 0 Å². The first-order valence-electron chi connectivity index (χ1n) is 10.3. The molecule has 1 N–H and O–H groups in total. The zero-order chi connectivity index (χ0) is 21.3. The van der Waals surface area contributed by atoms with Crippen LogP contribution in [0, 0.1) is 6.92 Å². The fourth-order valence-electron chi connectivity index (χ4n) is 3.65. The van der Waals surface area contributed by atoms with Crippen molar-refractivity contribution in [1.29, 1.82) is 0 Å². The molecule has 7 nitrogen and oxygen atoms in total. The SMILES string of the molecule is CCn1cc(-c2cc(C(=O)NC(C)c3cn(CC)nc3C)c3ccccc3n2)cn1. The first kappa shape index (κ1) is 19.8. The second-order valence-corrected chi connectivity index (χ2v) is 7.38. The molecule has 0 aliphatic carbocycles. The van der Waals surface area contributed by atoms with E-state index in [1.807, 2.05) is 79.8 Å². The number of carbonyl (C=O) groups is 1. The van der Waals surface area contributed by atoms with E-state index < -0.39 is 0 Å². The lowest BCUT2D eigenvalue weighted by molar-refractivity contribution is 0.0941. The Morgan fingerprint density at radius 1 is 1.13 bits per heavy atom. The number of nitrogens with zero attached hydrogens (tertiary/aromatic N) is 5. The maximum Gasteiger partial charge on any atom is 0.252 e. The van der Waals surface area contributed by atoms with Crippen LogP contribution in [0.25, 0.3) is 22.2 Å². The number of hydrogen-bond acceptors (Lipinski definition) is 4. The highest BCUT2D eigenvalue weighted by molar-refractivity contribution is 6.07. The second kappa shape index (κ2) is 8.10. The van der Waals surface area contributed by atoms with Crippen molar-refractivity contribution in [2.75, 3.05) is 0 Å². The van der Waals surface area contributed by atoms with Gasteiger partial charge in [-0.1, -0.05) is 18.2 Å². The number of carbonyl (C=O) groups excluding carboxylic acids is 1. The molecule has 3 heterocycles. The molecule has 0 aliphatic heterocycles. The summed E-state index contributed by atoms with van der Waals surface area (Å²) in [4.78, 5) is 18.0. The quantitative estimate of drug-likeness (QED) is 0.526. The Morgan fingerprint density at radius 2 is 1.90 bits per heavy atom. The van der Waals surface area contributed by atoms with E-state index in [0.717, 1.165) is 46.5 Å². The van der Waals surface area contributed by atoms with Crippen molar-refractivity contribution in [3.8, 4) is 11.3 Å². The molecule has 0 aliphatic rings. The normalized spacial score (nSPS) is 12.3. The number of aromatic nitrogens is 5. The highest BCUT2D eigenvalue weighted by atomic mass is 16.1. The molecule has 7 heteroatoms. The summed E-state index contributed by atoms with van der Waals surface area (Å²) in [6.07, 6.45) is 5.73. The van der Waals surface area contributed by atoms with Crippen LogP contribution in [0.4, 0.5) is 0 Å². The summed E-state index contributed by atoms with van der Waals surface area (Å²) >= 11 is 0. The molecule has 154 valence electrons. The van der Waals surface area contributed by atoms with Crippen LogP contribution in [0.1, 0.15) is 48.4 Å². The molecule has 3 aromatic heterocycles. The van der Waals surface area contributed by atoms with Gasteiger partial charge in [-0.25, -0.2) is 4.98 Å². The van der Waals surface area contributed by atoms with Gasteiger partial charge >= 0.3 is 0 Å². The average molecular weight is 403 g/mol. The Labute approximate surface area is 175 Å². The summed E-state index contributed by atoms with van der Waals surface area (Å²) in [5.41, 5.74) is 4.97. The molecular formula is C23H26N6O. The fourth-order valence-corrected chi connectivity index (χ4v) is 3.65. The zero-order valence-corrected chi connectivity index (χ0v) is 17.8. The van der Waals surface area contributed by atoms with Gasteiger partial charge in [0.15, 0.2) is 0 Å². The predicted octanol–water partition coefficient (Wildman–Crippen LogP) is 4.13. The van der Waals surface area contributed by atoms with E-state index in [2.05, 4.69) is 15.5 Å². The van der Waals surface area contributed by atoms with Crippen LogP contribution in [0.5, 0.6) is 0 Å². The van der Waals surface area contributed by atoms with Gasteiger partial charge in [0, 0.05) is 42.0 Å². The van der Waals surface area contributed by atoms with Crippen molar-refractivity contribution in [3.63, 3.8) is 0 Å². The Kier molecular flexibility index (Phi) is 5.35. The lowest BCUT2D eigenvalue weighted by Crippen LogP contribution is -2.27. The number of aryl methyl sites for hydroxylation is 3. The van der Waals surface area contributed by atoms with Gasteiger partial charge < -0.3 is 5.32 Å². The molecule has 1 aromatic carbocycles. The standard InChI is InChI=1S/C23H26N6O/c1-5-28-13-17(12-24-28)22-11-19(18-9-7-8-10-21(18)26-22)23(30)25-15(3)20-14-29(6-2)27-16(20)4/h7-15H,5-6H2,1-4H3,(H,25,30). The summed E-state index contributed by atoms with van der Waals surface area (Å²) in [7, 11) is 0. The van der Waals surface area contributed by atoms with E-state index >= 15 is 0 Å². The van der Waals surface area contributed by atoms with Crippen LogP contribution < -0.4 is 5.32 Å². The molecule has 0 saturated heterocycles. The average Bonchev–Trinajstić information content (AvgIpc) is 3.39. The highest BCUT2D eigenvalue weighted by Gasteiger charge is 2.19. The van der Waals surface area contributed by atoms with Crippen LogP contribution in [0.15, 0.2) is 48.9 Å². The highest BCUT2D eigenvalue weighted by Crippen LogP contribution is 2.25. The maximum absolute atomic E-state index is 13.3. The summed E-state index contributed by atoms with van der Waals surface area (Å²) in [6, 6.07) is 9.41. The van der Waals surface area contributed by atoms with E-state index in [9.17, 15) is 4.79 Å². The molecule has 0 saturated carbocycles. The Balaban J connectivity index is 1.71. The van der Waals surface area contributed by atoms with Crippen molar-refractivity contribution in [2.24, 2.45) is 0 Å². The van der Waals surface area contributed by atoms with E-state index in [-0.39, 0.29) is 11.9 Å². The first-order chi connectivity index (χ1) is 14.5. The van der Waals surface area contributed by atoms with Gasteiger partial charge in [0.1, 0.15) is 0 Å². The van der Waals surface area contributed by atoms with E-state index in [1.54, 1.807) is 6.20 Å². The summed E-state index contributed by atoms with van der Waals surface area (Å²) in [5, 5.41) is 12.8. The minimum absolute atomic E-state index is 0.131. The number of benzene rings is 1. The number of fused-ring (bicyclic) bond motifs is 1. The summed E-state index contributed by atoms with van der Waals surface area (Å²) in [6.45, 7) is 9.61. The predicted molar refractivity (Wildman–Crippen MR) is 117 cm³/mol. The third-order valence-corrected chi connectivity index (χ3v) is 5.34. The number of nitrogens with one attached hydrogen (secondary N) is 1. The monoisotopic (exact) mass is 402 g/mol. The Bertz CT molecular complexity index is 1210. The van der Waals surface area contributed by atoms with Gasteiger partial charge in [-0.15, -0.1) is 0 Å². The number of pyridine rings is 1. The summed E-state index contributed by atoms with van der Waals surface area (Å²) < 4.78 is 3.74. The zero-order valence-electron chi connectivity index (χ0n) is 17.8. The van der Waals surface area contributed by atoms with Crippen molar-refractivity contribution < 1.29 is 4.79 Å². The minimum atomic E-state index is -0.156. The molecule has 30 heavy (non-hydrogen) atoms. The molecule has 0 spiro atoms. The van der Waals surface area contributed by atoms with E-state index in [0.29, 0.717) is 5.56 Å². The van der Waals surface area contributed by atoms with Crippen molar-refractivity contribution in [2.45, 2.75) is 46.8 Å². The summed E-state index contributed by atoms with van der Waals surface area (Å²) in [5.74, 6) is -0.131. The first-order valence-corrected chi connectivity index (χ1v) is 10.3. The molecular weight excluding hydrogens is 376 g/mol. The molecule has 4 rings (SSSR count). The van der Waals surface area contributed by atoms with Crippen LogP contribution in [-0.4, -0.2) is 30.5 Å². The molecule has 4 aromatic rings. The van der Waals surface area contributed by atoms with Gasteiger partial charge in [0.05, 0.1) is 34.7 Å². The number of rotatable bonds is 6. The van der Waals surface area contributed by atoms with Gasteiger partial charge in [-0.2, -0.15) is 10.2 Å². The van der Waals surface area contributed by atoms with Gasteiger partial charge in [0.2, 0.25) is 0 Å². The molecule has 1 atom stereocenters. The number of hydrogen-bond donors (Lipinski definition) is 1. The van der Waals surface area contributed by atoms with Crippen LogP contribution in [0.3, 0.4) is 0 Å². The third kappa shape index (κ3) is 3.70. The van der Waals surface area contributed by atoms with Gasteiger partial charge in [0.25, 0.3) is 5.91 Å². The largest absolute Gasteiger partial charge is 0.345 e. The van der Waals surface area contributed by atoms with Gasteiger partial charge in [-0.3, -0.25) is 14.2 Å². The third-order valence-electron chi connectivity index (χ3n) is 5.34. The lowest BCUT2D eigenvalue weighted by Gasteiger charge is -2.15. The fraction of sp³-hybridized carbons (Fsp3) is 0.304. The minimum Gasteiger partial charge on any atom is -0.345 e. The van der Waals surface area contributed by atoms with Crippen molar-refractivity contribution in [3.05, 3.63) is 65.7 Å². The van der Waals surface area contributed by atoms with Crippen molar-refractivity contribution >= 4 is 16.8 Å². The second-order valence-electron chi connectivity index (χ2n) is 7.38. The molecule has 0 radical (unpaired) electrons. The topological polar surface area (TPSA) is 77.6 Å². The number of amides is 1.